The first kappa shape index (κ1) is 30.8. The van der Waals surface area contributed by atoms with Gasteiger partial charge in [0.1, 0.15) is 5.56 Å². The van der Waals surface area contributed by atoms with Crippen LogP contribution in [0.3, 0.4) is 0 Å². The predicted molar refractivity (Wildman–Crippen MR) is 122 cm³/mol. The van der Waals surface area contributed by atoms with Gasteiger partial charge in [0.25, 0.3) is 11.5 Å². The van der Waals surface area contributed by atoms with Crippen molar-refractivity contribution >= 4 is 17.5 Å². The largest absolute Gasteiger partial charge is 0.423 e. The number of aliphatic hydroxyl groups is 1. The maximum Gasteiger partial charge on any atom is 0.423 e. The lowest BCUT2D eigenvalue weighted by Crippen LogP contribution is -2.52. The van der Waals surface area contributed by atoms with Crippen LogP contribution in [0.15, 0.2) is 23.4 Å². The molecular formula is C21H27F6N7O4. The molecule has 0 spiro atoms. The zero-order valence-corrected chi connectivity index (χ0v) is 20.4. The second-order valence-electron chi connectivity index (χ2n) is 7.58. The lowest BCUT2D eigenvalue weighted by molar-refractivity contribution is -0.143. The maximum atomic E-state index is 13.0. The third-order valence-electron chi connectivity index (χ3n) is 5.10. The second-order valence-corrected chi connectivity index (χ2v) is 7.58. The average Bonchev–Trinajstić information content (AvgIpc) is 2.88. The zero-order valence-electron chi connectivity index (χ0n) is 20.4. The molecule has 1 aliphatic heterocycles. The topological polar surface area (TPSA) is 137 Å². The number of carbonyl (C=O) groups excluding carboxylic acids is 1. The first-order chi connectivity index (χ1) is 17.9. The summed E-state index contributed by atoms with van der Waals surface area (Å²) in [7, 11) is 0. The molecule has 1 aliphatic rings. The van der Waals surface area contributed by atoms with E-state index in [1.165, 1.54) is 4.90 Å². The minimum absolute atomic E-state index is 0.0794. The highest BCUT2D eigenvalue weighted by Crippen LogP contribution is 2.31. The van der Waals surface area contributed by atoms with E-state index in [0.29, 0.717) is 12.4 Å². The number of hydrogen-bond donors (Lipinski definition) is 3. The summed E-state index contributed by atoms with van der Waals surface area (Å²) in [6.07, 6.45) is -8.84. The minimum atomic E-state index is -4.90. The number of rotatable bonds is 8. The van der Waals surface area contributed by atoms with Crippen molar-refractivity contribution in [2.75, 3.05) is 56.2 Å². The Labute approximate surface area is 212 Å². The van der Waals surface area contributed by atoms with Crippen molar-refractivity contribution in [1.82, 2.24) is 25.1 Å². The molecule has 17 heteroatoms. The summed E-state index contributed by atoms with van der Waals surface area (Å²) in [5.41, 5.74) is -4.36. The van der Waals surface area contributed by atoms with E-state index in [0.717, 1.165) is 6.20 Å². The van der Waals surface area contributed by atoms with Crippen molar-refractivity contribution in [3.63, 3.8) is 0 Å². The quantitative estimate of drug-likeness (QED) is 0.329. The highest BCUT2D eigenvalue weighted by atomic mass is 19.4. The molecule has 0 aromatic carbocycles. The standard InChI is InChI=1S/C19H21F6N7O4.C2H6/c20-18(21,22)11-7-27-17(28-8-11)32-4-2-31(3-5-32)16(35)13(33)10-36-6-1-26-12-9-29-30-15(34)14(12)19(23,24)25;1-2/h7-9,13,33H,1-6,10H2,(H2,26,30,34);1-2H3. The number of anilines is 2. The molecule has 0 saturated carbocycles. The molecule has 38 heavy (non-hydrogen) atoms. The number of hydrogen-bond acceptors (Lipinski definition) is 9. The van der Waals surface area contributed by atoms with Gasteiger partial charge in [0.2, 0.25) is 5.95 Å². The van der Waals surface area contributed by atoms with Crippen LogP contribution in [0, 0.1) is 0 Å². The Morgan fingerprint density at radius 3 is 2.24 bits per heavy atom. The Morgan fingerprint density at radius 2 is 1.68 bits per heavy atom. The zero-order chi connectivity index (χ0) is 28.5. The van der Waals surface area contributed by atoms with Gasteiger partial charge < -0.3 is 25.0 Å². The SMILES string of the molecule is CC.O=C(C(O)COCCNc1cn[nH]c(=O)c1C(F)(F)F)N1CCN(c2ncc(C(F)(F)F)cn2)CC1. The summed E-state index contributed by atoms with van der Waals surface area (Å²) in [5.74, 6) is -0.565. The molecule has 2 aromatic heterocycles. The summed E-state index contributed by atoms with van der Waals surface area (Å²) in [4.78, 5) is 34.2. The number of ether oxygens (including phenoxy) is 1. The van der Waals surface area contributed by atoms with E-state index in [1.807, 2.05) is 13.8 Å². The van der Waals surface area contributed by atoms with Crippen LogP contribution in [0.5, 0.6) is 0 Å². The number of nitrogens with zero attached hydrogens (tertiary/aromatic N) is 5. The monoisotopic (exact) mass is 555 g/mol. The van der Waals surface area contributed by atoms with Crippen LogP contribution in [-0.2, 0) is 21.9 Å². The van der Waals surface area contributed by atoms with Gasteiger partial charge in [-0.25, -0.2) is 15.1 Å². The molecule has 3 rings (SSSR count). The number of amides is 1. The van der Waals surface area contributed by atoms with Crippen molar-refractivity contribution in [2.24, 2.45) is 0 Å². The molecule has 1 amide bonds. The third kappa shape index (κ3) is 8.27. The molecule has 1 atom stereocenters. The van der Waals surface area contributed by atoms with Crippen LogP contribution in [0.1, 0.15) is 25.0 Å². The number of H-pyrrole nitrogens is 1. The number of carbonyl (C=O) groups is 1. The van der Waals surface area contributed by atoms with Crippen molar-refractivity contribution in [2.45, 2.75) is 32.3 Å². The van der Waals surface area contributed by atoms with E-state index in [9.17, 15) is 41.0 Å². The molecule has 11 nitrogen and oxygen atoms in total. The summed E-state index contributed by atoms with van der Waals surface area (Å²) in [5, 5.41) is 17.5. The van der Waals surface area contributed by atoms with E-state index in [4.69, 9.17) is 4.74 Å². The summed E-state index contributed by atoms with van der Waals surface area (Å²) in [6, 6.07) is 0. The highest BCUT2D eigenvalue weighted by molar-refractivity contribution is 5.81. The Hall–Kier alpha value is -3.47. The van der Waals surface area contributed by atoms with Gasteiger partial charge in [0, 0.05) is 45.1 Å². The number of nitrogens with one attached hydrogen (secondary N) is 2. The Bertz CT molecular complexity index is 1090. The van der Waals surface area contributed by atoms with Crippen molar-refractivity contribution in [3.8, 4) is 0 Å². The molecule has 3 N–H and O–H groups in total. The molecular weight excluding hydrogens is 528 g/mol. The highest BCUT2D eigenvalue weighted by Gasteiger charge is 2.37. The summed E-state index contributed by atoms with van der Waals surface area (Å²) < 4.78 is 82.0. The number of aliphatic hydroxyl groups excluding tert-OH is 1. The fraction of sp³-hybridized carbons (Fsp3) is 0.571. The maximum absolute atomic E-state index is 13.0. The van der Waals surface area contributed by atoms with E-state index in [-0.39, 0.29) is 45.3 Å². The smallest absolute Gasteiger partial charge is 0.381 e. The van der Waals surface area contributed by atoms with E-state index < -0.39 is 53.3 Å². The fourth-order valence-electron chi connectivity index (χ4n) is 3.31. The van der Waals surface area contributed by atoms with E-state index in [1.54, 1.807) is 10.00 Å². The van der Waals surface area contributed by atoms with E-state index >= 15 is 0 Å². The van der Waals surface area contributed by atoms with Crippen molar-refractivity contribution in [1.29, 1.82) is 0 Å². The molecule has 212 valence electrons. The number of alkyl halides is 6. The van der Waals surface area contributed by atoms with Gasteiger partial charge >= 0.3 is 12.4 Å². The van der Waals surface area contributed by atoms with E-state index in [2.05, 4.69) is 20.4 Å². The fourth-order valence-corrected chi connectivity index (χ4v) is 3.31. The van der Waals surface area contributed by atoms with Crippen LogP contribution in [0.2, 0.25) is 0 Å². The van der Waals surface area contributed by atoms with Gasteiger partial charge in [-0.2, -0.15) is 31.4 Å². The molecule has 2 aromatic rings. The molecule has 1 unspecified atom stereocenters. The Morgan fingerprint density at radius 1 is 1.08 bits per heavy atom. The lowest BCUT2D eigenvalue weighted by atomic mass is 10.2. The molecule has 1 fully saturated rings. The van der Waals surface area contributed by atoms with Crippen molar-refractivity contribution < 1.29 is 41.0 Å². The molecule has 0 bridgehead atoms. The van der Waals surface area contributed by atoms with Crippen molar-refractivity contribution in [3.05, 3.63) is 40.1 Å². The van der Waals surface area contributed by atoms with Crippen LogP contribution >= 0.6 is 0 Å². The normalized spacial score (nSPS) is 15.0. The minimum Gasteiger partial charge on any atom is -0.381 e. The Balaban J connectivity index is 0.00000247. The number of piperazine rings is 1. The van der Waals surface area contributed by atoms with Gasteiger partial charge in [0.05, 0.1) is 30.7 Å². The van der Waals surface area contributed by atoms with Gasteiger partial charge in [-0.15, -0.1) is 0 Å². The molecule has 3 heterocycles. The molecule has 1 saturated heterocycles. The van der Waals surface area contributed by atoms with Crippen LogP contribution in [-0.4, -0.2) is 88.1 Å². The Kier molecular flexibility index (Phi) is 10.8. The number of halogens is 6. The first-order valence-corrected chi connectivity index (χ1v) is 11.5. The summed E-state index contributed by atoms with van der Waals surface area (Å²) in [6.45, 7) is 3.97. The van der Waals surface area contributed by atoms with Gasteiger partial charge in [-0.05, 0) is 0 Å². The van der Waals surface area contributed by atoms with Gasteiger partial charge in [0.15, 0.2) is 6.10 Å². The first-order valence-electron chi connectivity index (χ1n) is 11.5. The van der Waals surface area contributed by atoms with Crippen LogP contribution in [0.25, 0.3) is 0 Å². The van der Waals surface area contributed by atoms with Crippen LogP contribution in [0.4, 0.5) is 38.0 Å². The third-order valence-corrected chi connectivity index (χ3v) is 5.10. The second kappa shape index (κ2) is 13.4. The average molecular weight is 555 g/mol. The lowest BCUT2D eigenvalue weighted by Gasteiger charge is -2.35. The van der Waals surface area contributed by atoms with Gasteiger partial charge in [-0.1, -0.05) is 13.8 Å². The van der Waals surface area contributed by atoms with Gasteiger partial charge in [-0.3, -0.25) is 9.59 Å². The molecule has 0 aliphatic carbocycles. The predicted octanol–water partition coefficient (Wildman–Crippen LogP) is 1.76. The summed E-state index contributed by atoms with van der Waals surface area (Å²) >= 11 is 0. The number of aromatic amines is 1. The molecule has 0 radical (unpaired) electrons. The van der Waals surface area contributed by atoms with Crippen LogP contribution < -0.4 is 15.8 Å². The number of aromatic nitrogens is 4.